The summed E-state index contributed by atoms with van der Waals surface area (Å²) in [5.74, 6) is -1.71. The Kier molecular flexibility index (Phi) is 19.3. The molecule has 1 amide bonds. The van der Waals surface area contributed by atoms with Crippen molar-refractivity contribution in [2.75, 3.05) is 19.5 Å². The number of methoxy groups -OCH3 is 2. The number of hydrogen-bond acceptors (Lipinski definition) is 15. The van der Waals surface area contributed by atoms with E-state index < -0.39 is 48.4 Å². The van der Waals surface area contributed by atoms with Crippen LogP contribution in [-0.4, -0.2) is 106 Å². The number of carbonyl (C=O) groups is 1. The number of nitrogens with zero attached hydrogens (tertiary/aromatic N) is 5. The Labute approximate surface area is 481 Å². The third-order valence-electron chi connectivity index (χ3n) is 11.2. The summed E-state index contributed by atoms with van der Waals surface area (Å²) >= 11 is 12.1. The Hall–Kier alpha value is -6.41. The molecule has 8 rings (SSSR count). The number of ether oxygens (including phenoxy) is 2. The van der Waals surface area contributed by atoms with Crippen LogP contribution in [0.3, 0.4) is 0 Å². The molecule has 0 heterocycles. The van der Waals surface area contributed by atoms with Crippen molar-refractivity contribution >= 4 is 160 Å². The molecule has 0 spiro atoms. The van der Waals surface area contributed by atoms with E-state index in [1.165, 1.54) is 38.5 Å². The summed E-state index contributed by atoms with van der Waals surface area (Å²) in [5, 5.41) is 59.0. The van der Waals surface area contributed by atoms with Gasteiger partial charge in [0.25, 0.3) is 26.1 Å². The Bertz CT molecular complexity index is 3830. The molecule has 0 aliphatic rings. The van der Waals surface area contributed by atoms with Crippen molar-refractivity contribution in [2.24, 2.45) is 25.4 Å². The van der Waals surface area contributed by atoms with Crippen LogP contribution in [0.1, 0.15) is 40.9 Å². The van der Waals surface area contributed by atoms with Crippen molar-refractivity contribution in [3.63, 3.8) is 0 Å². The zero-order valence-electron chi connectivity index (χ0n) is 40.1. The molecule has 23 heteroatoms. The van der Waals surface area contributed by atoms with Gasteiger partial charge in [-0.1, -0.05) is 116 Å². The molecule has 0 fully saturated rings. The minimum Gasteiger partial charge on any atom is -0.871 e. The van der Waals surface area contributed by atoms with Crippen molar-refractivity contribution in [3.05, 3.63) is 166 Å². The largest absolute Gasteiger partial charge is 2.00 e. The number of azo groups is 2. The number of aliphatic imine (C=N–C) groups is 1. The molecule has 0 unspecified atom stereocenters. The van der Waals surface area contributed by atoms with E-state index in [1.807, 2.05) is 0 Å². The van der Waals surface area contributed by atoms with E-state index in [2.05, 4.69) is 30.8 Å². The van der Waals surface area contributed by atoms with Crippen LogP contribution in [0.5, 0.6) is 23.0 Å². The summed E-state index contributed by atoms with van der Waals surface area (Å²) in [7, 11) is -6.23. The normalized spacial score (nSPS) is 11.9. The molecular formula is C52H42BaCl2N6O12S2. The van der Waals surface area contributed by atoms with Gasteiger partial charge in [0.05, 0.1) is 42.5 Å². The van der Waals surface area contributed by atoms with Gasteiger partial charge in [-0.15, -0.1) is 5.11 Å². The monoisotopic (exact) mass is 1210 g/mol. The van der Waals surface area contributed by atoms with Crippen LogP contribution in [0.2, 0.25) is 10.0 Å². The predicted molar refractivity (Wildman–Crippen MR) is 285 cm³/mol. The summed E-state index contributed by atoms with van der Waals surface area (Å²) in [6.07, 6.45) is 0.386. The molecule has 380 valence electrons. The van der Waals surface area contributed by atoms with Gasteiger partial charge in [-0.05, 0) is 95.7 Å². The molecule has 0 aliphatic heterocycles. The van der Waals surface area contributed by atoms with Gasteiger partial charge in [0.2, 0.25) is 0 Å². The number of nitrogens with one attached hydrogen (secondary N) is 1. The van der Waals surface area contributed by atoms with E-state index in [0.29, 0.717) is 38.7 Å². The fourth-order valence-electron chi connectivity index (χ4n) is 7.74. The average molecular weight is 1220 g/mol. The van der Waals surface area contributed by atoms with Crippen LogP contribution in [0.15, 0.2) is 169 Å². The third kappa shape index (κ3) is 13.3. The first-order valence-corrected chi connectivity index (χ1v) is 25.7. The van der Waals surface area contributed by atoms with E-state index in [-0.39, 0.29) is 127 Å². The summed E-state index contributed by atoms with van der Waals surface area (Å²) in [4.78, 5) is 16.4. The quantitative estimate of drug-likeness (QED) is 0.0260. The number of anilines is 1. The number of phenolic OH excluding ortho intramolecular Hbond substituents is 1. The maximum Gasteiger partial charge on any atom is 2.00 e. The third-order valence-corrected chi connectivity index (χ3v) is 13.5. The molecule has 8 aromatic rings. The zero-order chi connectivity index (χ0) is 53.5. The Morgan fingerprint density at radius 1 is 0.613 bits per heavy atom. The number of fused-ring (bicyclic) bond motifs is 2. The molecule has 75 heavy (non-hydrogen) atoms. The Morgan fingerprint density at radius 2 is 1.07 bits per heavy atom. The summed E-state index contributed by atoms with van der Waals surface area (Å²) < 4.78 is 77.2. The summed E-state index contributed by atoms with van der Waals surface area (Å²) in [6.45, 7) is 3.36. The Balaban J connectivity index is 0.000000241. The number of aromatic hydroxyl groups is 1. The van der Waals surface area contributed by atoms with E-state index in [4.69, 9.17) is 32.7 Å². The van der Waals surface area contributed by atoms with Gasteiger partial charge in [0.15, 0.2) is 5.75 Å². The summed E-state index contributed by atoms with van der Waals surface area (Å²) in [5.41, 5.74) is 0.778. The van der Waals surface area contributed by atoms with Gasteiger partial charge in [-0.2, -0.15) is 32.2 Å². The molecule has 0 atom stereocenters. The van der Waals surface area contributed by atoms with Crippen LogP contribution in [-0.2, 0) is 33.1 Å². The van der Waals surface area contributed by atoms with Crippen LogP contribution in [0.4, 0.5) is 34.1 Å². The SMILES string of the molecule is CCc1c(N=Nc2c(O)c(C(=O)Nc3ccccc3OC)cc3ccccc23)cc(Cl)cc1S(=O)(=O)O.CCc1c(N=Nc2c([O-])c(C([O-])=Nc3ccccc3OC)cc3ccccc23)cc(Cl)cc1S(=O)(=O)O.[Ba+2]. The smallest absolute Gasteiger partial charge is 0.871 e. The maximum atomic E-state index is 13.4. The number of hydrogen-bond donors (Lipinski definition) is 4. The second-order valence-corrected chi connectivity index (χ2v) is 19.4. The van der Waals surface area contributed by atoms with Gasteiger partial charge in [0, 0.05) is 31.9 Å². The number of phenols is 1. The predicted octanol–water partition coefficient (Wildman–Crippen LogP) is 11.5. The fraction of sp³-hybridized carbons (Fsp3) is 0.115. The van der Waals surface area contributed by atoms with Crippen molar-refractivity contribution in [1.29, 1.82) is 0 Å². The standard InChI is InChI=1S/2C26H22ClN3O6S.Ba/c2*1-3-17-21(13-16(27)14-23(17)37(33,34)35)29-30-24-18-9-5-4-8-15(18)12-19(25(24)31)26(32)28-20-10-6-7-11-22(20)36-2;/h2*4-14,31H,3H2,1-2H3,(H,28,32)(H,33,34,35);/q;;+2/p-2. The van der Waals surface area contributed by atoms with Gasteiger partial charge in [-0.25, -0.2) is 0 Å². The number of para-hydroxylation sites is 4. The van der Waals surface area contributed by atoms with Crippen molar-refractivity contribution in [3.8, 4) is 23.0 Å². The molecule has 8 aromatic carbocycles. The topological polar surface area (TPSA) is 284 Å². The number of benzene rings is 8. The van der Waals surface area contributed by atoms with E-state index in [9.17, 15) is 46.1 Å². The van der Waals surface area contributed by atoms with E-state index in [1.54, 1.807) is 111 Å². The number of rotatable bonds is 14. The van der Waals surface area contributed by atoms with Crippen LogP contribution < -0.4 is 25.0 Å². The molecular weight excluding hydrogens is 1170 g/mol. The Morgan fingerprint density at radius 3 is 1.59 bits per heavy atom. The second kappa shape index (κ2) is 25.0. The second-order valence-electron chi connectivity index (χ2n) is 15.8. The van der Waals surface area contributed by atoms with Gasteiger partial charge in [0.1, 0.15) is 32.7 Å². The first-order chi connectivity index (χ1) is 35.3. The molecule has 0 aliphatic carbocycles. The summed E-state index contributed by atoms with van der Waals surface area (Å²) in [6, 6.07) is 35.2. The minimum absolute atomic E-state index is 0. The molecule has 0 radical (unpaired) electrons. The molecule has 0 bridgehead atoms. The average Bonchev–Trinajstić information content (AvgIpc) is 3.37. The van der Waals surface area contributed by atoms with E-state index >= 15 is 0 Å². The van der Waals surface area contributed by atoms with Crippen LogP contribution in [0, 0.1) is 0 Å². The van der Waals surface area contributed by atoms with Crippen molar-refractivity contribution in [2.45, 2.75) is 36.5 Å². The van der Waals surface area contributed by atoms with Gasteiger partial charge < -0.3 is 30.1 Å². The number of amides is 1. The molecule has 0 saturated carbocycles. The van der Waals surface area contributed by atoms with E-state index in [0.717, 1.165) is 12.1 Å². The number of halogens is 2. The molecule has 0 saturated heterocycles. The molecule has 0 aromatic heterocycles. The van der Waals surface area contributed by atoms with Crippen LogP contribution in [0.25, 0.3) is 21.5 Å². The van der Waals surface area contributed by atoms with Crippen LogP contribution >= 0.6 is 23.2 Å². The zero-order valence-corrected chi connectivity index (χ0v) is 47.7. The first-order valence-electron chi connectivity index (χ1n) is 22.0. The fourth-order valence-corrected chi connectivity index (χ4v) is 9.97. The van der Waals surface area contributed by atoms with Gasteiger partial charge >= 0.3 is 48.9 Å². The molecule has 4 N–H and O–H groups in total. The number of carbonyl (C=O) groups excluding carboxylic acids is 1. The van der Waals surface area contributed by atoms with Crippen molar-refractivity contribution < 1.29 is 55.5 Å². The first kappa shape index (κ1) is 57.9. The van der Waals surface area contributed by atoms with Crippen molar-refractivity contribution in [1.82, 2.24) is 0 Å². The minimum atomic E-state index is -4.59. The maximum absolute atomic E-state index is 13.4. The molecule has 18 nitrogen and oxygen atoms in total. The van der Waals surface area contributed by atoms with Gasteiger partial charge in [-0.3, -0.25) is 18.9 Å².